The van der Waals surface area contributed by atoms with Crippen LogP contribution in [0.2, 0.25) is 0 Å². The number of aliphatic hydroxyl groups is 1. The summed E-state index contributed by atoms with van der Waals surface area (Å²) in [7, 11) is 0. The van der Waals surface area contributed by atoms with E-state index in [4.69, 9.17) is 4.74 Å². The SMILES string of the molecule is CCCCCCC1OC(O)C=C(C)C1=O. The van der Waals surface area contributed by atoms with Crippen molar-refractivity contribution in [2.75, 3.05) is 0 Å². The molecule has 0 bridgehead atoms. The van der Waals surface area contributed by atoms with E-state index in [0.29, 0.717) is 5.57 Å². The Morgan fingerprint density at radius 1 is 1.40 bits per heavy atom. The molecule has 15 heavy (non-hydrogen) atoms. The lowest BCUT2D eigenvalue weighted by molar-refractivity contribution is -0.150. The van der Waals surface area contributed by atoms with Gasteiger partial charge in [0.2, 0.25) is 0 Å². The Morgan fingerprint density at radius 2 is 2.13 bits per heavy atom. The Bertz CT molecular complexity index is 245. The fourth-order valence-electron chi connectivity index (χ4n) is 1.77. The van der Waals surface area contributed by atoms with Crippen molar-refractivity contribution in [3.8, 4) is 0 Å². The molecule has 0 aliphatic carbocycles. The van der Waals surface area contributed by atoms with E-state index in [1.807, 2.05) is 0 Å². The molecule has 0 aromatic heterocycles. The highest BCUT2D eigenvalue weighted by molar-refractivity contribution is 5.98. The Balaban J connectivity index is 2.36. The van der Waals surface area contributed by atoms with Crippen LogP contribution in [-0.4, -0.2) is 23.3 Å². The van der Waals surface area contributed by atoms with Crippen molar-refractivity contribution in [1.29, 1.82) is 0 Å². The second-order valence-electron chi connectivity index (χ2n) is 4.08. The molecule has 1 rings (SSSR count). The topological polar surface area (TPSA) is 46.5 Å². The summed E-state index contributed by atoms with van der Waals surface area (Å²) < 4.78 is 5.18. The Morgan fingerprint density at radius 3 is 2.80 bits per heavy atom. The maximum Gasteiger partial charge on any atom is 0.187 e. The first-order chi connectivity index (χ1) is 7.15. The molecule has 2 unspecified atom stereocenters. The molecule has 0 aromatic carbocycles. The molecule has 3 nitrogen and oxygen atoms in total. The number of carbonyl (C=O) groups excluding carboxylic acids is 1. The van der Waals surface area contributed by atoms with Gasteiger partial charge < -0.3 is 9.84 Å². The molecule has 0 saturated heterocycles. The zero-order valence-corrected chi connectivity index (χ0v) is 9.53. The standard InChI is InChI=1S/C12H20O3/c1-3-4-5-6-7-10-12(14)9(2)8-11(13)15-10/h8,10-11,13H,3-7H2,1-2H3. The first kappa shape index (κ1) is 12.4. The summed E-state index contributed by atoms with van der Waals surface area (Å²) in [5, 5.41) is 9.32. The predicted octanol–water partition coefficient (Wildman–Crippen LogP) is 2.19. The van der Waals surface area contributed by atoms with Gasteiger partial charge in [-0.15, -0.1) is 0 Å². The fraction of sp³-hybridized carbons (Fsp3) is 0.750. The minimum atomic E-state index is -0.904. The molecule has 0 spiro atoms. The lowest BCUT2D eigenvalue weighted by atomic mass is 9.99. The fourth-order valence-corrected chi connectivity index (χ4v) is 1.77. The molecule has 0 saturated carbocycles. The van der Waals surface area contributed by atoms with Crippen LogP contribution >= 0.6 is 0 Å². The quantitative estimate of drug-likeness (QED) is 0.710. The Labute approximate surface area is 91.1 Å². The smallest absolute Gasteiger partial charge is 0.187 e. The number of aliphatic hydroxyl groups excluding tert-OH is 1. The van der Waals surface area contributed by atoms with Crippen LogP contribution in [0, 0.1) is 0 Å². The normalized spacial score (nSPS) is 26.6. The number of Topliss-reactive ketones (excluding diaryl/α,β-unsaturated/α-hetero) is 1. The summed E-state index contributed by atoms with van der Waals surface area (Å²) in [6.07, 6.45) is 5.35. The maximum atomic E-state index is 11.6. The summed E-state index contributed by atoms with van der Waals surface area (Å²) in [6, 6.07) is 0. The van der Waals surface area contributed by atoms with Crippen molar-refractivity contribution in [3.63, 3.8) is 0 Å². The first-order valence-corrected chi connectivity index (χ1v) is 5.71. The van der Waals surface area contributed by atoms with Gasteiger partial charge in [-0.3, -0.25) is 4.79 Å². The minimum absolute atomic E-state index is 0.0248. The average Bonchev–Trinajstić information content (AvgIpc) is 2.19. The number of hydrogen-bond donors (Lipinski definition) is 1. The van der Waals surface area contributed by atoms with Crippen LogP contribution in [0.5, 0.6) is 0 Å². The zero-order chi connectivity index (χ0) is 11.3. The van der Waals surface area contributed by atoms with Gasteiger partial charge in [0.15, 0.2) is 12.1 Å². The third-order valence-electron chi connectivity index (χ3n) is 2.70. The lowest BCUT2D eigenvalue weighted by Crippen LogP contribution is -2.34. The average molecular weight is 212 g/mol. The van der Waals surface area contributed by atoms with Crippen LogP contribution in [0.25, 0.3) is 0 Å². The molecule has 1 aliphatic heterocycles. The van der Waals surface area contributed by atoms with Gasteiger partial charge in [-0.05, 0) is 25.0 Å². The summed E-state index contributed by atoms with van der Waals surface area (Å²) >= 11 is 0. The van der Waals surface area contributed by atoms with E-state index in [9.17, 15) is 9.90 Å². The Hall–Kier alpha value is -0.670. The Kier molecular flexibility index (Phi) is 4.99. The van der Waals surface area contributed by atoms with Crippen LogP contribution < -0.4 is 0 Å². The van der Waals surface area contributed by atoms with E-state index < -0.39 is 12.4 Å². The third kappa shape index (κ3) is 3.76. The second kappa shape index (κ2) is 6.03. The maximum absolute atomic E-state index is 11.6. The van der Waals surface area contributed by atoms with Crippen molar-refractivity contribution in [2.24, 2.45) is 0 Å². The van der Waals surface area contributed by atoms with Crippen LogP contribution in [0.3, 0.4) is 0 Å². The summed E-state index contributed by atoms with van der Waals surface area (Å²) in [5.74, 6) is 0.0248. The molecule has 1 heterocycles. The number of rotatable bonds is 5. The third-order valence-corrected chi connectivity index (χ3v) is 2.70. The second-order valence-corrected chi connectivity index (χ2v) is 4.08. The van der Waals surface area contributed by atoms with Gasteiger partial charge >= 0.3 is 0 Å². The summed E-state index contributed by atoms with van der Waals surface area (Å²) in [4.78, 5) is 11.6. The van der Waals surface area contributed by atoms with E-state index in [1.165, 1.54) is 18.9 Å². The molecule has 0 amide bonds. The van der Waals surface area contributed by atoms with E-state index in [1.54, 1.807) is 6.92 Å². The molecule has 0 aromatic rings. The van der Waals surface area contributed by atoms with Crippen molar-refractivity contribution < 1.29 is 14.6 Å². The molecular weight excluding hydrogens is 192 g/mol. The number of hydrogen-bond acceptors (Lipinski definition) is 3. The molecule has 2 atom stereocenters. The van der Waals surface area contributed by atoms with E-state index >= 15 is 0 Å². The molecule has 0 radical (unpaired) electrons. The van der Waals surface area contributed by atoms with Crippen LogP contribution in [0.1, 0.15) is 46.0 Å². The molecular formula is C12H20O3. The lowest BCUT2D eigenvalue weighted by Gasteiger charge is -2.24. The first-order valence-electron chi connectivity index (χ1n) is 5.71. The van der Waals surface area contributed by atoms with Gasteiger partial charge in [-0.1, -0.05) is 32.6 Å². The number of ether oxygens (including phenoxy) is 1. The predicted molar refractivity (Wildman–Crippen MR) is 58.4 cm³/mol. The number of carbonyl (C=O) groups is 1. The van der Waals surface area contributed by atoms with E-state index in [2.05, 4.69) is 6.92 Å². The molecule has 0 fully saturated rings. The number of unbranched alkanes of at least 4 members (excludes halogenated alkanes) is 3. The highest BCUT2D eigenvalue weighted by atomic mass is 16.6. The van der Waals surface area contributed by atoms with Crippen LogP contribution in [0.15, 0.2) is 11.6 Å². The van der Waals surface area contributed by atoms with Crippen LogP contribution in [0.4, 0.5) is 0 Å². The number of ketones is 1. The molecule has 1 N–H and O–H groups in total. The van der Waals surface area contributed by atoms with E-state index in [-0.39, 0.29) is 5.78 Å². The monoisotopic (exact) mass is 212 g/mol. The van der Waals surface area contributed by atoms with Gasteiger partial charge in [-0.25, -0.2) is 0 Å². The highest BCUT2D eigenvalue weighted by Gasteiger charge is 2.27. The van der Waals surface area contributed by atoms with Crippen molar-refractivity contribution in [3.05, 3.63) is 11.6 Å². The molecule has 86 valence electrons. The largest absolute Gasteiger partial charge is 0.365 e. The minimum Gasteiger partial charge on any atom is -0.365 e. The van der Waals surface area contributed by atoms with Gasteiger partial charge in [0.05, 0.1) is 0 Å². The summed E-state index contributed by atoms with van der Waals surface area (Å²) in [5.41, 5.74) is 0.620. The zero-order valence-electron chi connectivity index (χ0n) is 9.53. The molecule has 1 aliphatic rings. The van der Waals surface area contributed by atoms with Crippen molar-refractivity contribution in [2.45, 2.75) is 58.3 Å². The summed E-state index contributed by atoms with van der Waals surface area (Å²) in [6.45, 7) is 3.88. The van der Waals surface area contributed by atoms with Crippen molar-refractivity contribution in [1.82, 2.24) is 0 Å². The molecule has 3 heteroatoms. The van der Waals surface area contributed by atoms with E-state index in [0.717, 1.165) is 19.3 Å². The highest BCUT2D eigenvalue weighted by Crippen LogP contribution is 2.19. The van der Waals surface area contributed by atoms with Gasteiger partial charge in [0, 0.05) is 0 Å². The van der Waals surface area contributed by atoms with Crippen molar-refractivity contribution >= 4 is 5.78 Å². The van der Waals surface area contributed by atoms with Gasteiger partial charge in [0.1, 0.15) is 6.10 Å². The van der Waals surface area contributed by atoms with Gasteiger partial charge in [0.25, 0.3) is 0 Å². The van der Waals surface area contributed by atoms with Gasteiger partial charge in [-0.2, -0.15) is 0 Å². The van der Waals surface area contributed by atoms with Crippen LogP contribution in [-0.2, 0) is 9.53 Å².